The van der Waals surface area contributed by atoms with Crippen molar-refractivity contribution < 1.29 is 14.0 Å². The molecule has 0 radical (unpaired) electrons. The lowest BCUT2D eigenvalue weighted by Crippen LogP contribution is -2.41. The Morgan fingerprint density at radius 2 is 2.13 bits per heavy atom. The zero-order valence-electron chi connectivity index (χ0n) is 16.9. The van der Waals surface area contributed by atoms with Crippen molar-refractivity contribution in [3.8, 4) is 0 Å². The van der Waals surface area contributed by atoms with Crippen molar-refractivity contribution in [2.45, 2.75) is 25.4 Å². The molecule has 0 aliphatic carbocycles. The Hall–Kier alpha value is -3.75. The highest BCUT2D eigenvalue weighted by atomic mass is 19.1. The first kappa shape index (κ1) is 20.5. The number of aromatic nitrogens is 3. The molecular weight excluding hydrogens is 399 g/mol. The minimum absolute atomic E-state index is 0.0547. The molecule has 9 heteroatoms. The first-order valence-corrected chi connectivity index (χ1v) is 10.1. The zero-order chi connectivity index (χ0) is 21.8. The van der Waals surface area contributed by atoms with Crippen LogP contribution in [-0.2, 0) is 11.3 Å². The van der Waals surface area contributed by atoms with Gasteiger partial charge in [-0.15, -0.1) is 0 Å². The van der Waals surface area contributed by atoms with Gasteiger partial charge >= 0.3 is 0 Å². The Bertz CT molecular complexity index is 1120. The van der Waals surface area contributed by atoms with E-state index in [1.807, 2.05) is 0 Å². The fourth-order valence-electron chi connectivity index (χ4n) is 3.64. The SMILES string of the molecule is C=CC(=O)N1CCC(Nc2cnc3[nH]cc(C(=O)NCc4cccc(F)c4)c3n2)CC1. The second-order valence-corrected chi connectivity index (χ2v) is 7.42. The van der Waals surface area contributed by atoms with Crippen LogP contribution in [0.2, 0.25) is 0 Å². The van der Waals surface area contributed by atoms with E-state index in [1.54, 1.807) is 29.4 Å². The number of nitrogens with zero attached hydrogens (tertiary/aromatic N) is 3. The highest BCUT2D eigenvalue weighted by Gasteiger charge is 2.22. The molecule has 1 fully saturated rings. The fourth-order valence-corrected chi connectivity index (χ4v) is 3.64. The van der Waals surface area contributed by atoms with Crippen molar-refractivity contribution >= 4 is 28.8 Å². The molecule has 0 atom stereocenters. The molecule has 2 aromatic heterocycles. The predicted molar refractivity (Wildman–Crippen MR) is 115 cm³/mol. The number of piperidine rings is 1. The minimum atomic E-state index is -0.347. The number of halogens is 1. The number of carbonyl (C=O) groups is 2. The van der Waals surface area contributed by atoms with Crippen molar-refractivity contribution in [1.82, 2.24) is 25.2 Å². The van der Waals surface area contributed by atoms with Crippen LogP contribution in [-0.4, -0.2) is 50.8 Å². The van der Waals surface area contributed by atoms with Crippen molar-refractivity contribution in [1.29, 1.82) is 0 Å². The summed E-state index contributed by atoms with van der Waals surface area (Å²) in [6, 6.07) is 6.24. The number of rotatable bonds is 6. The predicted octanol–water partition coefficient (Wildman–Crippen LogP) is 2.62. The van der Waals surface area contributed by atoms with Crippen molar-refractivity contribution in [3.63, 3.8) is 0 Å². The van der Waals surface area contributed by atoms with Gasteiger partial charge < -0.3 is 20.5 Å². The van der Waals surface area contributed by atoms with Crippen LogP contribution in [0.15, 0.2) is 49.3 Å². The Morgan fingerprint density at radius 1 is 1.32 bits per heavy atom. The van der Waals surface area contributed by atoms with Gasteiger partial charge in [0.1, 0.15) is 17.2 Å². The third kappa shape index (κ3) is 4.71. The summed E-state index contributed by atoms with van der Waals surface area (Å²) in [7, 11) is 0. The quantitative estimate of drug-likeness (QED) is 0.530. The van der Waals surface area contributed by atoms with Gasteiger partial charge in [0.05, 0.1) is 11.8 Å². The van der Waals surface area contributed by atoms with Gasteiger partial charge in [-0.2, -0.15) is 0 Å². The number of likely N-dealkylation sites (tertiary alicyclic amines) is 1. The maximum atomic E-state index is 13.3. The molecule has 1 aliphatic heterocycles. The summed E-state index contributed by atoms with van der Waals surface area (Å²) in [5.41, 5.74) is 2.01. The number of hydrogen-bond acceptors (Lipinski definition) is 5. The molecule has 31 heavy (non-hydrogen) atoms. The normalized spacial score (nSPS) is 14.4. The summed E-state index contributed by atoms with van der Waals surface area (Å²) >= 11 is 0. The minimum Gasteiger partial charge on any atom is -0.366 e. The average Bonchev–Trinajstić information content (AvgIpc) is 3.21. The molecule has 1 aromatic carbocycles. The maximum Gasteiger partial charge on any atom is 0.255 e. The molecule has 2 amide bonds. The second-order valence-electron chi connectivity index (χ2n) is 7.42. The molecular formula is C22H23FN6O2. The zero-order valence-corrected chi connectivity index (χ0v) is 16.9. The molecule has 4 rings (SSSR count). The van der Waals surface area contributed by atoms with Gasteiger partial charge in [-0.05, 0) is 36.6 Å². The van der Waals surface area contributed by atoms with E-state index in [1.165, 1.54) is 18.2 Å². The summed E-state index contributed by atoms with van der Waals surface area (Å²) in [4.78, 5) is 38.0. The Morgan fingerprint density at radius 3 is 2.87 bits per heavy atom. The first-order valence-electron chi connectivity index (χ1n) is 10.1. The number of amides is 2. The van der Waals surface area contributed by atoms with E-state index in [2.05, 4.69) is 32.2 Å². The fraction of sp³-hybridized carbons (Fsp3) is 0.273. The van der Waals surface area contributed by atoms with Gasteiger partial charge in [0.15, 0.2) is 5.65 Å². The summed E-state index contributed by atoms with van der Waals surface area (Å²) in [6.45, 7) is 5.03. The van der Waals surface area contributed by atoms with Crippen LogP contribution in [0.5, 0.6) is 0 Å². The lowest BCUT2D eigenvalue weighted by Gasteiger charge is -2.31. The number of carbonyl (C=O) groups excluding carboxylic acids is 2. The number of nitrogens with one attached hydrogen (secondary N) is 3. The molecule has 1 saturated heterocycles. The van der Waals surface area contributed by atoms with Crippen LogP contribution in [0.25, 0.3) is 11.2 Å². The largest absolute Gasteiger partial charge is 0.366 e. The lowest BCUT2D eigenvalue weighted by atomic mass is 10.1. The van der Waals surface area contributed by atoms with E-state index in [4.69, 9.17) is 0 Å². The smallest absolute Gasteiger partial charge is 0.255 e. The van der Waals surface area contributed by atoms with Gasteiger partial charge in [-0.1, -0.05) is 18.7 Å². The molecule has 3 N–H and O–H groups in total. The molecule has 8 nitrogen and oxygen atoms in total. The summed E-state index contributed by atoms with van der Waals surface area (Å²) in [5.74, 6) is -0.154. The third-order valence-electron chi connectivity index (χ3n) is 5.30. The van der Waals surface area contributed by atoms with E-state index in [9.17, 15) is 14.0 Å². The van der Waals surface area contributed by atoms with E-state index in [-0.39, 0.29) is 30.2 Å². The van der Waals surface area contributed by atoms with Crippen molar-refractivity contribution in [2.24, 2.45) is 0 Å². The number of hydrogen-bond donors (Lipinski definition) is 3. The molecule has 1 aliphatic rings. The number of H-pyrrole nitrogens is 1. The highest BCUT2D eigenvalue weighted by molar-refractivity contribution is 6.04. The summed E-state index contributed by atoms with van der Waals surface area (Å²) in [6.07, 6.45) is 6.09. The first-order chi connectivity index (χ1) is 15.0. The number of anilines is 1. The van der Waals surface area contributed by atoms with Gasteiger partial charge in [0.25, 0.3) is 5.91 Å². The molecule has 0 spiro atoms. The highest BCUT2D eigenvalue weighted by Crippen LogP contribution is 2.19. The van der Waals surface area contributed by atoms with Gasteiger partial charge in [-0.3, -0.25) is 9.59 Å². The van der Waals surface area contributed by atoms with Crippen LogP contribution in [0, 0.1) is 5.82 Å². The molecule has 0 unspecified atom stereocenters. The molecule has 3 heterocycles. The Balaban J connectivity index is 1.42. The van der Waals surface area contributed by atoms with Crippen LogP contribution in [0.4, 0.5) is 10.2 Å². The molecule has 160 valence electrons. The van der Waals surface area contributed by atoms with Gasteiger partial charge in [0, 0.05) is 31.9 Å². The standard InChI is InChI=1S/C22H23FN6O2/c1-2-19(30)29-8-6-16(7-9-29)27-18-13-25-21-20(28-18)17(12-24-21)22(31)26-11-14-4-3-5-15(23)10-14/h2-5,10,12-13,16H,1,6-9,11H2,(H,24,25)(H,26,31)(H,27,28). The van der Waals surface area contributed by atoms with Crippen LogP contribution in [0.3, 0.4) is 0 Å². The average molecular weight is 422 g/mol. The third-order valence-corrected chi connectivity index (χ3v) is 5.30. The van der Waals surface area contributed by atoms with Gasteiger partial charge in [-0.25, -0.2) is 14.4 Å². The number of aromatic amines is 1. The molecule has 3 aromatic rings. The second kappa shape index (κ2) is 8.95. The van der Waals surface area contributed by atoms with Crippen molar-refractivity contribution in [2.75, 3.05) is 18.4 Å². The van der Waals surface area contributed by atoms with Crippen LogP contribution < -0.4 is 10.6 Å². The van der Waals surface area contributed by atoms with E-state index >= 15 is 0 Å². The lowest BCUT2D eigenvalue weighted by molar-refractivity contribution is -0.126. The van der Waals surface area contributed by atoms with Crippen molar-refractivity contribution in [3.05, 3.63) is 66.3 Å². The Kier molecular flexibility index (Phi) is 5.92. The van der Waals surface area contributed by atoms with E-state index in [0.29, 0.717) is 41.2 Å². The summed E-state index contributed by atoms with van der Waals surface area (Å²) in [5, 5.41) is 6.13. The maximum absolute atomic E-state index is 13.3. The molecule has 0 saturated carbocycles. The number of fused-ring (bicyclic) bond motifs is 1. The van der Waals surface area contributed by atoms with Crippen LogP contribution in [0.1, 0.15) is 28.8 Å². The monoisotopic (exact) mass is 422 g/mol. The van der Waals surface area contributed by atoms with E-state index < -0.39 is 0 Å². The summed E-state index contributed by atoms with van der Waals surface area (Å²) < 4.78 is 13.3. The van der Waals surface area contributed by atoms with Gasteiger partial charge in [0.2, 0.25) is 5.91 Å². The number of benzene rings is 1. The topological polar surface area (TPSA) is 103 Å². The van der Waals surface area contributed by atoms with E-state index in [0.717, 1.165) is 12.8 Å². The Labute approximate surface area is 178 Å². The molecule has 0 bridgehead atoms. The van der Waals surface area contributed by atoms with Crippen LogP contribution >= 0.6 is 0 Å².